The molecular weight excluding hydrogens is 306 g/mol. The number of carbonyl (C=O) groups excluding carboxylic acids is 2. The summed E-state index contributed by atoms with van der Waals surface area (Å²) in [4.78, 5) is 25.7. The van der Waals surface area contributed by atoms with Gasteiger partial charge in [0.25, 0.3) is 0 Å². The van der Waals surface area contributed by atoms with Crippen molar-refractivity contribution in [3.8, 4) is 0 Å². The number of hydrogen-bond donors (Lipinski definition) is 1. The standard InChI is InChI=1S/C16H20F2N2O3/c1-20-6-7-23-12(10-20)9-19-16(22)5-4-15(21)13-3-2-11(17)8-14(13)18/h2-3,8,12H,4-7,9-10H2,1H3,(H,19,22)/t12-/m0/s1. The van der Waals surface area contributed by atoms with Crippen LogP contribution in [0, 0.1) is 11.6 Å². The van der Waals surface area contributed by atoms with Crippen molar-refractivity contribution in [3.63, 3.8) is 0 Å². The molecule has 7 heteroatoms. The average molecular weight is 326 g/mol. The summed E-state index contributed by atoms with van der Waals surface area (Å²) < 4.78 is 31.8. The van der Waals surface area contributed by atoms with E-state index in [0.29, 0.717) is 19.2 Å². The molecule has 0 spiro atoms. The number of ether oxygens (including phenoxy) is 1. The van der Waals surface area contributed by atoms with Gasteiger partial charge in [-0.05, 0) is 19.2 Å². The molecule has 1 heterocycles. The van der Waals surface area contributed by atoms with E-state index in [0.717, 1.165) is 25.2 Å². The molecule has 1 aliphatic rings. The first-order chi connectivity index (χ1) is 11.0. The second-order valence-corrected chi connectivity index (χ2v) is 5.61. The molecule has 1 aliphatic heterocycles. The Morgan fingerprint density at radius 1 is 1.35 bits per heavy atom. The monoisotopic (exact) mass is 326 g/mol. The molecule has 1 atom stereocenters. The molecule has 0 aromatic heterocycles. The zero-order chi connectivity index (χ0) is 16.8. The van der Waals surface area contributed by atoms with Crippen LogP contribution in [0.2, 0.25) is 0 Å². The molecule has 0 bridgehead atoms. The Morgan fingerprint density at radius 2 is 2.13 bits per heavy atom. The number of ketones is 1. The van der Waals surface area contributed by atoms with E-state index in [2.05, 4.69) is 10.2 Å². The summed E-state index contributed by atoms with van der Waals surface area (Å²) in [6.07, 6.45) is -0.235. The fourth-order valence-electron chi connectivity index (χ4n) is 2.38. The summed E-state index contributed by atoms with van der Waals surface area (Å²) >= 11 is 0. The molecule has 1 aromatic rings. The van der Waals surface area contributed by atoms with Crippen LogP contribution in [0.1, 0.15) is 23.2 Å². The molecule has 1 amide bonds. The number of nitrogens with one attached hydrogen (secondary N) is 1. The van der Waals surface area contributed by atoms with Gasteiger partial charge in [-0.15, -0.1) is 0 Å². The van der Waals surface area contributed by atoms with E-state index in [-0.39, 0.29) is 30.4 Å². The van der Waals surface area contributed by atoms with Crippen LogP contribution in [0.3, 0.4) is 0 Å². The maximum Gasteiger partial charge on any atom is 0.220 e. The maximum absolute atomic E-state index is 13.5. The van der Waals surface area contributed by atoms with E-state index in [9.17, 15) is 18.4 Å². The molecule has 0 saturated carbocycles. The normalized spacial score (nSPS) is 18.7. The fourth-order valence-corrected chi connectivity index (χ4v) is 2.38. The number of hydrogen-bond acceptors (Lipinski definition) is 4. The second kappa shape index (κ2) is 8.12. The predicted molar refractivity (Wildman–Crippen MR) is 80.2 cm³/mol. The molecule has 1 aromatic carbocycles. The number of amides is 1. The van der Waals surface area contributed by atoms with Crippen LogP contribution in [-0.2, 0) is 9.53 Å². The van der Waals surface area contributed by atoms with Crippen LogP contribution >= 0.6 is 0 Å². The Morgan fingerprint density at radius 3 is 2.83 bits per heavy atom. The first-order valence-electron chi connectivity index (χ1n) is 7.51. The predicted octanol–water partition coefficient (Wildman–Crippen LogP) is 1.37. The van der Waals surface area contributed by atoms with Gasteiger partial charge < -0.3 is 15.0 Å². The van der Waals surface area contributed by atoms with Crippen molar-refractivity contribution in [3.05, 3.63) is 35.4 Å². The first-order valence-corrected chi connectivity index (χ1v) is 7.51. The number of morpholine rings is 1. The zero-order valence-electron chi connectivity index (χ0n) is 13.0. The number of carbonyl (C=O) groups is 2. The van der Waals surface area contributed by atoms with Crippen molar-refractivity contribution in [1.82, 2.24) is 10.2 Å². The number of halogens is 2. The SMILES string of the molecule is CN1CCO[C@@H](CNC(=O)CCC(=O)c2ccc(F)cc2F)C1. The highest BCUT2D eigenvalue weighted by Gasteiger charge is 2.19. The molecule has 0 radical (unpaired) electrons. The summed E-state index contributed by atoms with van der Waals surface area (Å²) in [5, 5.41) is 2.71. The van der Waals surface area contributed by atoms with Crippen LogP contribution in [0.4, 0.5) is 8.78 Å². The summed E-state index contributed by atoms with van der Waals surface area (Å²) in [5.41, 5.74) is -0.198. The van der Waals surface area contributed by atoms with E-state index in [1.54, 1.807) is 0 Å². The van der Waals surface area contributed by atoms with Gasteiger partial charge in [0.2, 0.25) is 5.91 Å². The number of Topliss-reactive ketones (excluding diaryl/α,β-unsaturated/α-hetero) is 1. The average Bonchev–Trinajstić information content (AvgIpc) is 2.50. The van der Waals surface area contributed by atoms with E-state index in [1.807, 2.05) is 7.05 Å². The third-order valence-electron chi connectivity index (χ3n) is 3.68. The fraction of sp³-hybridized carbons (Fsp3) is 0.500. The quantitative estimate of drug-likeness (QED) is 0.802. The summed E-state index contributed by atoms with van der Waals surface area (Å²) in [5.74, 6) is -2.47. The first kappa shape index (κ1) is 17.5. The highest BCUT2D eigenvalue weighted by Crippen LogP contribution is 2.12. The number of nitrogens with zero attached hydrogens (tertiary/aromatic N) is 1. The Kier molecular flexibility index (Phi) is 6.18. The molecule has 0 unspecified atom stereocenters. The van der Waals surface area contributed by atoms with Gasteiger partial charge in [0.05, 0.1) is 18.3 Å². The van der Waals surface area contributed by atoms with Crippen molar-refractivity contribution in [2.24, 2.45) is 0 Å². The molecule has 2 rings (SSSR count). The minimum absolute atomic E-state index is 0.0434. The second-order valence-electron chi connectivity index (χ2n) is 5.61. The minimum atomic E-state index is -0.908. The lowest BCUT2D eigenvalue weighted by atomic mass is 10.1. The van der Waals surface area contributed by atoms with E-state index < -0.39 is 17.4 Å². The Labute approximate surface area is 133 Å². The summed E-state index contributed by atoms with van der Waals surface area (Å²) in [6, 6.07) is 2.77. The Hall–Kier alpha value is -1.86. The molecule has 5 nitrogen and oxygen atoms in total. The van der Waals surface area contributed by atoms with Crippen molar-refractivity contribution < 1.29 is 23.1 Å². The Balaban J connectivity index is 1.74. The van der Waals surface area contributed by atoms with E-state index in [1.165, 1.54) is 0 Å². The summed E-state index contributed by atoms with van der Waals surface area (Å²) in [7, 11) is 1.98. The third kappa shape index (κ3) is 5.37. The lowest BCUT2D eigenvalue weighted by Gasteiger charge is -2.30. The van der Waals surface area contributed by atoms with Gasteiger partial charge in [-0.2, -0.15) is 0 Å². The molecule has 0 aliphatic carbocycles. The van der Waals surface area contributed by atoms with Gasteiger partial charge in [-0.25, -0.2) is 8.78 Å². The van der Waals surface area contributed by atoms with Gasteiger partial charge in [0, 0.05) is 38.5 Å². The number of rotatable bonds is 6. The van der Waals surface area contributed by atoms with Crippen LogP contribution in [0.25, 0.3) is 0 Å². The lowest BCUT2D eigenvalue weighted by Crippen LogP contribution is -2.45. The van der Waals surface area contributed by atoms with Crippen molar-refractivity contribution in [1.29, 1.82) is 0 Å². The highest BCUT2D eigenvalue weighted by atomic mass is 19.1. The smallest absolute Gasteiger partial charge is 0.220 e. The third-order valence-corrected chi connectivity index (χ3v) is 3.68. The molecule has 1 saturated heterocycles. The number of benzene rings is 1. The van der Waals surface area contributed by atoms with Gasteiger partial charge in [-0.3, -0.25) is 9.59 Å². The van der Waals surface area contributed by atoms with Crippen molar-refractivity contribution >= 4 is 11.7 Å². The van der Waals surface area contributed by atoms with Gasteiger partial charge in [0.1, 0.15) is 11.6 Å². The molecule has 1 fully saturated rings. The highest BCUT2D eigenvalue weighted by molar-refractivity contribution is 5.98. The van der Waals surface area contributed by atoms with Crippen LogP contribution < -0.4 is 5.32 Å². The molecule has 126 valence electrons. The van der Waals surface area contributed by atoms with Gasteiger partial charge in [0.15, 0.2) is 5.78 Å². The van der Waals surface area contributed by atoms with E-state index >= 15 is 0 Å². The largest absolute Gasteiger partial charge is 0.374 e. The van der Waals surface area contributed by atoms with Crippen molar-refractivity contribution in [2.45, 2.75) is 18.9 Å². The van der Waals surface area contributed by atoms with Gasteiger partial charge >= 0.3 is 0 Å². The van der Waals surface area contributed by atoms with Crippen LogP contribution in [0.5, 0.6) is 0 Å². The van der Waals surface area contributed by atoms with Crippen LogP contribution in [-0.4, -0.2) is 56.0 Å². The van der Waals surface area contributed by atoms with Crippen LogP contribution in [0.15, 0.2) is 18.2 Å². The topological polar surface area (TPSA) is 58.6 Å². The number of likely N-dealkylation sites (N-methyl/N-ethyl adjacent to an activating group) is 1. The Bertz CT molecular complexity index is 580. The summed E-state index contributed by atoms with van der Waals surface area (Å²) in [6.45, 7) is 2.60. The maximum atomic E-state index is 13.5. The van der Waals surface area contributed by atoms with Crippen molar-refractivity contribution in [2.75, 3.05) is 33.3 Å². The molecule has 1 N–H and O–H groups in total. The molecular formula is C16H20F2N2O3. The van der Waals surface area contributed by atoms with Gasteiger partial charge in [-0.1, -0.05) is 0 Å². The molecule has 23 heavy (non-hydrogen) atoms. The zero-order valence-corrected chi connectivity index (χ0v) is 13.0. The minimum Gasteiger partial charge on any atom is -0.374 e. The lowest BCUT2D eigenvalue weighted by molar-refractivity contribution is -0.122. The van der Waals surface area contributed by atoms with E-state index in [4.69, 9.17) is 4.74 Å².